The van der Waals surface area contributed by atoms with Gasteiger partial charge in [0, 0.05) is 50.2 Å². The lowest BCUT2D eigenvalue weighted by atomic mass is 10.2. The quantitative estimate of drug-likeness (QED) is 0.0631. The smallest absolute Gasteiger partial charge is 0.251 e. The van der Waals surface area contributed by atoms with Crippen molar-refractivity contribution in [2.45, 2.75) is 52.0 Å². The highest BCUT2D eigenvalue weighted by molar-refractivity contribution is 8.76. The summed E-state index contributed by atoms with van der Waals surface area (Å²) in [5.74, 6) is 6.77. The number of carbonyl (C=O) groups is 2. The van der Waals surface area contributed by atoms with Gasteiger partial charge in [0.1, 0.15) is 24.4 Å². The molecule has 3 N–H and O–H groups in total. The average Bonchev–Trinajstić information content (AvgIpc) is 2.98. The fourth-order valence-electron chi connectivity index (χ4n) is 3.36. The molecule has 0 fully saturated rings. The van der Waals surface area contributed by atoms with Gasteiger partial charge < -0.3 is 39.6 Å². The first-order valence-electron chi connectivity index (χ1n) is 14.9. The zero-order valence-electron chi connectivity index (χ0n) is 26.4. The van der Waals surface area contributed by atoms with Gasteiger partial charge in [0.25, 0.3) is 5.91 Å². The Bertz CT molecular complexity index is 941. The molecule has 1 aromatic carbocycles. The predicted molar refractivity (Wildman–Crippen MR) is 176 cm³/mol. The molecule has 12 heteroatoms. The molecule has 2 amide bonds. The van der Waals surface area contributed by atoms with Gasteiger partial charge in [-0.1, -0.05) is 67.2 Å². The highest BCUT2D eigenvalue weighted by Gasteiger charge is 2.12. The lowest BCUT2D eigenvalue weighted by Gasteiger charge is -2.17. The normalized spacial score (nSPS) is 11.7. The first-order chi connectivity index (χ1) is 20.8. The first kappa shape index (κ1) is 39.0. The molecule has 10 nitrogen and oxygen atoms in total. The lowest BCUT2D eigenvalue weighted by molar-refractivity contribution is -0.121. The number of hydrogen-bond donors (Lipinski definition) is 3. The minimum atomic E-state index is -0.189. The monoisotopic (exact) mass is 641 g/mol. The van der Waals surface area contributed by atoms with Gasteiger partial charge in [0.2, 0.25) is 5.91 Å². The summed E-state index contributed by atoms with van der Waals surface area (Å²) in [6.07, 6.45) is 3.04. The molecule has 1 rings (SSSR count). The molecule has 43 heavy (non-hydrogen) atoms. The molecule has 0 radical (unpaired) electrons. The maximum atomic E-state index is 12.4. The lowest BCUT2D eigenvalue weighted by Crippen LogP contribution is -2.34. The Labute approximate surface area is 266 Å². The van der Waals surface area contributed by atoms with Crippen LogP contribution in [-0.2, 0) is 23.7 Å². The Balaban J connectivity index is 2.10. The van der Waals surface area contributed by atoms with Crippen LogP contribution in [0, 0.1) is 17.8 Å². The minimum absolute atomic E-state index is 0.0148. The molecule has 0 saturated carbocycles. The van der Waals surface area contributed by atoms with Crippen molar-refractivity contribution in [3.8, 4) is 17.6 Å². The average molecular weight is 642 g/mol. The number of rotatable bonds is 25. The van der Waals surface area contributed by atoms with Gasteiger partial charge in [-0.05, 0) is 30.9 Å². The SMILES string of the molecule is CSSC(COc1cccc(C(=O)NCCNC(C)C)c1)OCCOCCOCCCC(=O)NCCOCC#CC(C)C. The van der Waals surface area contributed by atoms with Crippen molar-refractivity contribution < 1.29 is 33.3 Å². The van der Waals surface area contributed by atoms with Gasteiger partial charge in [-0.2, -0.15) is 0 Å². The van der Waals surface area contributed by atoms with Gasteiger partial charge in [0.05, 0.1) is 33.0 Å². The summed E-state index contributed by atoms with van der Waals surface area (Å²) in [6.45, 7) is 13.4. The Morgan fingerprint density at radius 3 is 2.42 bits per heavy atom. The summed E-state index contributed by atoms with van der Waals surface area (Å²) in [7, 11) is 3.17. The number of ether oxygens (including phenoxy) is 5. The van der Waals surface area contributed by atoms with Crippen LogP contribution in [0.2, 0.25) is 0 Å². The molecule has 1 atom stereocenters. The number of benzene rings is 1. The van der Waals surface area contributed by atoms with Crippen molar-refractivity contribution in [2.75, 3.05) is 78.7 Å². The molecule has 0 bridgehead atoms. The Kier molecular flexibility index (Phi) is 24.0. The molecule has 0 aromatic heterocycles. The molecule has 1 unspecified atom stereocenters. The van der Waals surface area contributed by atoms with Gasteiger partial charge in [-0.3, -0.25) is 9.59 Å². The van der Waals surface area contributed by atoms with E-state index < -0.39 is 0 Å². The van der Waals surface area contributed by atoms with Crippen LogP contribution in [0.15, 0.2) is 24.3 Å². The third-order valence-electron chi connectivity index (χ3n) is 5.38. The topological polar surface area (TPSA) is 116 Å². The molecule has 0 aliphatic rings. The summed E-state index contributed by atoms with van der Waals surface area (Å²) in [5, 5.41) is 9.01. The molecule has 1 aromatic rings. The van der Waals surface area contributed by atoms with Gasteiger partial charge in [0.15, 0.2) is 0 Å². The van der Waals surface area contributed by atoms with E-state index in [-0.39, 0.29) is 17.3 Å². The van der Waals surface area contributed by atoms with E-state index in [4.69, 9.17) is 23.7 Å². The zero-order chi connectivity index (χ0) is 31.5. The summed E-state index contributed by atoms with van der Waals surface area (Å²) in [4.78, 5) is 24.3. The molecular formula is C31H51N3O7S2. The van der Waals surface area contributed by atoms with Crippen molar-refractivity contribution in [1.29, 1.82) is 0 Å². The summed E-state index contributed by atoms with van der Waals surface area (Å²) in [5.41, 5.74) is 0.367. The van der Waals surface area contributed by atoms with Crippen molar-refractivity contribution in [1.82, 2.24) is 16.0 Å². The van der Waals surface area contributed by atoms with E-state index in [9.17, 15) is 9.59 Å². The van der Waals surface area contributed by atoms with Crippen LogP contribution < -0.4 is 20.7 Å². The summed E-state index contributed by atoms with van der Waals surface area (Å²) < 4.78 is 28.3. The van der Waals surface area contributed by atoms with E-state index in [1.54, 1.807) is 33.7 Å². The maximum Gasteiger partial charge on any atom is 0.251 e. The van der Waals surface area contributed by atoms with Crippen LogP contribution >= 0.6 is 21.6 Å². The van der Waals surface area contributed by atoms with Crippen LogP contribution in [0.1, 0.15) is 50.9 Å². The minimum Gasteiger partial charge on any atom is -0.490 e. The third-order valence-corrected chi connectivity index (χ3v) is 7.28. The Morgan fingerprint density at radius 2 is 1.67 bits per heavy atom. The second kappa shape index (κ2) is 26.4. The van der Waals surface area contributed by atoms with Crippen molar-refractivity contribution in [2.24, 2.45) is 5.92 Å². The number of nitrogens with one attached hydrogen (secondary N) is 3. The third kappa shape index (κ3) is 23.1. The van der Waals surface area contributed by atoms with Crippen LogP contribution in [0.3, 0.4) is 0 Å². The molecule has 0 aliphatic carbocycles. The van der Waals surface area contributed by atoms with Gasteiger partial charge >= 0.3 is 0 Å². The summed E-state index contributed by atoms with van der Waals surface area (Å²) >= 11 is 0. The van der Waals surface area contributed by atoms with Gasteiger partial charge in [-0.15, -0.1) is 0 Å². The standard InChI is InChI=1S/C31H51N3O7S2/c1-25(2)9-7-16-37-18-15-33-29(35)12-8-17-38-19-20-39-21-22-40-30(43-42-5)24-41-28-11-6-10-27(23-28)31(36)34-14-13-32-26(3)4/h6,10-11,23,25-26,30,32H,8,12-22,24H2,1-5H3,(H,33,35)(H,34,36). The Hall–Kier alpha value is -1.98. The highest BCUT2D eigenvalue weighted by atomic mass is 33.1. The maximum absolute atomic E-state index is 12.4. The first-order valence-corrected chi connectivity index (χ1v) is 17.5. The van der Waals surface area contributed by atoms with E-state index in [1.165, 1.54) is 0 Å². The fraction of sp³-hybridized carbons (Fsp3) is 0.677. The largest absolute Gasteiger partial charge is 0.490 e. The van der Waals surface area contributed by atoms with Crippen LogP contribution in [-0.4, -0.2) is 102 Å². The van der Waals surface area contributed by atoms with E-state index in [1.807, 2.05) is 32.2 Å². The molecule has 244 valence electrons. The van der Waals surface area contributed by atoms with E-state index >= 15 is 0 Å². The van der Waals surface area contributed by atoms with Gasteiger partial charge in [-0.25, -0.2) is 0 Å². The van der Waals surface area contributed by atoms with Crippen LogP contribution in [0.4, 0.5) is 0 Å². The highest BCUT2D eigenvalue weighted by Crippen LogP contribution is 2.25. The predicted octanol–water partition coefficient (Wildman–Crippen LogP) is 3.75. The molecule has 0 spiro atoms. The van der Waals surface area contributed by atoms with Crippen LogP contribution in [0.25, 0.3) is 0 Å². The van der Waals surface area contributed by atoms with Crippen molar-refractivity contribution >= 4 is 33.4 Å². The number of hydrogen-bond acceptors (Lipinski definition) is 10. The number of carbonyl (C=O) groups excluding carboxylic acids is 2. The van der Waals surface area contributed by atoms with E-state index in [2.05, 4.69) is 41.6 Å². The van der Waals surface area contributed by atoms with E-state index in [0.29, 0.717) is 109 Å². The number of amides is 2. The molecule has 0 saturated heterocycles. The van der Waals surface area contributed by atoms with Crippen LogP contribution in [0.5, 0.6) is 5.75 Å². The Morgan fingerprint density at radius 1 is 0.907 bits per heavy atom. The zero-order valence-corrected chi connectivity index (χ0v) is 28.0. The summed E-state index contributed by atoms with van der Waals surface area (Å²) in [6, 6.07) is 7.52. The molecule has 0 heterocycles. The van der Waals surface area contributed by atoms with Crippen molar-refractivity contribution in [3.05, 3.63) is 29.8 Å². The molecule has 0 aliphatic heterocycles. The van der Waals surface area contributed by atoms with Crippen molar-refractivity contribution in [3.63, 3.8) is 0 Å². The second-order valence-electron chi connectivity index (χ2n) is 9.97. The second-order valence-corrected chi connectivity index (χ2v) is 12.6. The van der Waals surface area contributed by atoms with E-state index in [0.717, 1.165) is 0 Å². The molecular weight excluding hydrogens is 590 g/mol. The fourth-order valence-corrected chi connectivity index (χ4v) is 4.82.